The van der Waals surface area contributed by atoms with Crippen LogP contribution in [-0.2, 0) is 36.8 Å². The van der Waals surface area contributed by atoms with Crippen LogP contribution in [0.25, 0.3) is 21.5 Å². The molecule has 0 aliphatic heterocycles. The quantitative estimate of drug-likeness (QED) is 0.129. The second-order valence-corrected chi connectivity index (χ2v) is 7.88. The zero-order chi connectivity index (χ0) is 25.2. The van der Waals surface area contributed by atoms with Gasteiger partial charge in [0, 0.05) is 12.8 Å². The Morgan fingerprint density at radius 2 is 1.13 bits per heavy atom. The fraction of sp³-hybridized carbons (Fsp3) is 0.179. The van der Waals surface area contributed by atoms with E-state index in [4.69, 9.17) is 16.9 Å². The summed E-state index contributed by atoms with van der Waals surface area (Å²) in [5, 5.41) is 13.3. The molecule has 2 atom stereocenters. The monoisotopic (exact) mass is 531 g/mol. The third-order valence-electron chi connectivity index (χ3n) is 5.54. The Morgan fingerprint density at radius 3 is 1.50 bits per heavy atom. The van der Waals surface area contributed by atoms with Crippen LogP contribution in [0.15, 0.2) is 84.9 Å². The molecule has 4 rings (SSSR count). The molecule has 0 aliphatic carbocycles. The van der Waals surface area contributed by atoms with Crippen LogP contribution >= 0.6 is 0 Å². The first-order valence-electron chi connectivity index (χ1n) is 10.9. The zero-order valence-corrected chi connectivity index (χ0v) is 23.7. The van der Waals surface area contributed by atoms with E-state index < -0.39 is 24.1 Å². The predicted octanol–water partition coefficient (Wildman–Crippen LogP) is 0.817. The summed E-state index contributed by atoms with van der Waals surface area (Å²) in [5.74, 6) is 8.54. The van der Waals surface area contributed by atoms with E-state index in [0.717, 1.165) is 32.7 Å². The molecule has 9 nitrogen and oxygen atoms in total. The summed E-state index contributed by atoms with van der Waals surface area (Å²) in [6, 6.07) is 27.7. The standard InChI is InChI=1S/C14H15NO3.C13H13NO3.CH3.Na.H2O/c1-17-14(16)13(18-15)9-10-6-7-11-4-2-3-5-12(11)8-10;14-17-12(13(15)16)8-9-5-6-10-3-1-2-4-11(10)7-9;;;/h2-8,13H,9,15H2,1H3;1-7,12H,8,14H2,(H,15,16);1H3;;1H2/q;;-1;+1;/p-1/t13-;12-;;;/m00.../s1. The number of carbonyl (C=O) groups excluding carboxylic acids is 1. The van der Waals surface area contributed by atoms with Gasteiger partial charge in [-0.25, -0.2) is 21.4 Å². The molecule has 4 aromatic carbocycles. The van der Waals surface area contributed by atoms with E-state index in [1.165, 1.54) is 7.11 Å². The summed E-state index contributed by atoms with van der Waals surface area (Å²) in [6.45, 7) is 0. The van der Waals surface area contributed by atoms with E-state index in [9.17, 15) is 9.59 Å². The molecule has 0 spiro atoms. The smallest absolute Gasteiger partial charge is 0.870 e. The summed E-state index contributed by atoms with van der Waals surface area (Å²) < 4.78 is 4.62. The van der Waals surface area contributed by atoms with Gasteiger partial charge in [0.05, 0.1) is 7.11 Å². The minimum absolute atomic E-state index is 0. The van der Waals surface area contributed by atoms with Crippen LogP contribution < -0.4 is 41.4 Å². The molecule has 0 radical (unpaired) electrons. The summed E-state index contributed by atoms with van der Waals surface area (Å²) >= 11 is 0. The normalized spacial score (nSPS) is 11.4. The van der Waals surface area contributed by atoms with Crippen molar-refractivity contribution in [3.05, 3.63) is 103 Å². The Balaban J connectivity index is 0.000000669. The van der Waals surface area contributed by atoms with Gasteiger partial charge in [-0.1, -0.05) is 84.9 Å². The van der Waals surface area contributed by atoms with Gasteiger partial charge < -0.3 is 22.7 Å². The summed E-state index contributed by atoms with van der Waals surface area (Å²) in [5.41, 5.74) is 1.87. The van der Waals surface area contributed by atoms with Crippen LogP contribution in [0.4, 0.5) is 0 Å². The van der Waals surface area contributed by atoms with E-state index in [2.05, 4.69) is 14.4 Å². The van der Waals surface area contributed by atoms with Crippen molar-refractivity contribution in [2.75, 3.05) is 7.11 Å². The molecule has 4 aromatic rings. The number of aliphatic carboxylic acids is 1. The molecule has 0 bridgehead atoms. The Labute approximate surface area is 244 Å². The molecule has 38 heavy (non-hydrogen) atoms. The summed E-state index contributed by atoms with van der Waals surface area (Å²) in [4.78, 5) is 31.2. The molecule has 198 valence electrons. The Bertz CT molecular complexity index is 1300. The number of carboxylic acids is 1. The zero-order valence-electron chi connectivity index (χ0n) is 21.7. The number of carboxylic acid groups (broad SMARTS) is 1. The van der Waals surface area contributed by atoms with Crippen molar-refractivity contribution >= 4 is 33.5 Å². The molecule has 0 saturated carbocycles. The van der Waals surface area contributed by atoms with Gasteiger partial charge >= 0.3 is 41.5 Å². The molecule has 6 N–H and O–H groups in total. The Kier molecular flexibility index (Phi) is 16.3. The topological polar surface area (TPSA) is 164 Å². The van der Waals surface area contributed by atoms with Gasteiger partial charge in [0.1, 0.15) is 0 Å². The molecular weight excluding hydrogens is 499 g/mol. The number of nitrogens with two attached hydrogens (primary N) is 2. The summed E-state index contributed by atoms with van der Waals surface area (Å²) in [7, 11) is 1.31. The number of benzene rings is 4. The van der Waals surface area contributed by atoms with Crippen molar-refractivity contribution in [3.8, 4) is 0 Å². The fourth-order valence-corrected chi connectivity index (χ4v) is 3.67. The Hall–Kier alpha value is -2.86. The average molecular weight is 532 g/mol. The number of hydrogen-bond acceptors (Lipinski definition) is 8. The molecule has 0 fully saturated rings. The molecule has 10 heteroatoms. The van der Waals surface area contributed by atoms with Gasteiger partial charge in [-0.05, 0) is 32.7 Å². The maximum atomic E-state index is 11.4. The number of methoxy groups -OCH3 is 1. The van der Waals surface area contributed by atoms with Crippen molar-refractivity contribution in [2.45, 2.75) is 25.0 Å². The van der Waals surface area contributed by atoms with Crippen LogP contribution in [0.2, 0.25) is 0 Å². The van der Waals surface area contributed by atoms with Crippen LogP contribution in [0.5, 0.6) is 0 Å². The minimum Gasteiger partial charge on any atom is -0.870 e. The van der Waals surface area contributed by atoms with Crippen LogP contribution in [0.3, 0.4) is 0 Å². The maximum absolute atomic E-state index is 11.4. The number of ether oxygens (including phenoxy) is 1. The van der Waals surface area contributed by atoms with Gasteiger partial charge in [-0.3, -0.25) is 9.68 Å². The predicted molar refractivity (Wildman–Crippen MR) is 141 cm³/mol. The van der Waals surface area contributed by atoms with E-state index in [1.807, 2.05) is 84.9 Å². The summed E-state index contributed by atoms with van der Waals surface area (Å²) in [6.07, 6.45) is -1.11. The molecule has 0 saturated heterocycles. The molecule has 0 heterocycles. The number of fused-ring (bicyclic) bond motifs is 2. The maximum Gasteiger partial charge on any atom is 1.00 e. The SMILES string of the molecule is COC(=O)[C@H](Cc1ccc2ccccc2c1)ON.NO[C@@H](Cc1ccc2ccccc2c1)C(=O)O.[CH3-].[Na+].[OH-]. The van der Waals surface area contributed by atoms with Crippen LogP contribution in [0, 0.1) is 7.43 Å². The van der Waals surface area contributed by atoms with E-state index in [1.54, 1.807) is 0 Å². The van der Waals surface area contributed by atoms with E-state index >= 15 is 0 Å². The molecule has 0 aromatic heterocycles. The second-order valence-electron chi connectivity index (χ2n) is 7.88. The average Bonchev–Trinajstić information content (AvgIpc) is 2.89. The third kappa shape index (κ3) is 9.79. The van der Waals surface area contributed by atoms with Gasteiger partial charge in [-0.2, -0.15) is 0 Å². The van der Waals surface area contributed by atoms with E-state index in [0.29, 0.717) is 6.42 Å². The number of rotatable bonds is 8. The third-order valence-corrected chi connectivity index (χ3v) is 5.54. The molecule has 0 unspecified atom stereocenters. The Morgan fingerprint density at radius 1 is 0.737 bits per heavy atom. The van der Waals surface area contributed by atoms with Crippen molar-refractivity contribution in [1.82, 2.24) is 0 Å². The first kappa shape index (κ1) is 35.1. The van der Waals surface area contributed by atoms with Gasteiger partial charge in [0.2, 0.25) is 0 Å². The first-order valence-corrected chi connectivity index (χ1v) is 10.9. The molecule has 0 aliphatic rings. The molecule has 0 amide bonds. The van der Waals surface area contributed by atoms with Crippen molar-refractivity contribution < 1.29 is 64.1 Å². The second kappa shape index (κ2) is 17.6. The first-order chi connectivity index (χ1) is 16.9. The van der Waals surface area contributed by atoms with Crippen molar-refractivity contribution in [3.63, 3.8) is 0 Å². The fourth-order valence-electron chi connectivity index (χ4n) is 3.67. The number of esters is 1. The van der Waals surface area contributed by atoms with Crippen LogP contribution in [0.1, 0.15) is 11.1 Å². The van der Waals surface area contributed by atoms with Gasteiger partial charge in [0.25, 0.3) is 0 Å². The van der Waals surface area contributed by atoms with Crippen LogP contribution in [-0.4, -0.2) is 41.8 Å². The van der Waals surface area contributed by atoms with E-state index in [-0.39, 0.29) is 48.9 Å². The van der Waals surface area contributed by atoms with Crippen molar-refractivity contribution in [1.29, 1.82) is 0 Å². The molecular formula is C28H32N2NaO7-. The largest absolute Gasteiger partial charge is 1.00 e. The number of carbonyl (C=O) groups is 2. The number of hydrogen-bond donors (Lipinski definition) is 3. The van der Waals surface area contributed by atoms with Gasteiger partial charge in [-0.15, -0.1) is 0 Å². The van der Waals surface area contributed by atoms with Crippen molar-refractivity contribution in [2.24, 2.45) is 11.8 Å². The van der Waals surface area contributed by atoms with Gasteiger partial charge in [0.15, 0.2) is 12.2 Å². The minimum atomic E-state index is -1.05.